The maximum atomic E-state index is 5.74. The van der Waals surface area contributed by atoms with Crippen molar-refractivity contribution in [2.75, 3.05) is 47.1 Å². The van der Waals surface area contributed by atoms with Crippen LogP contribution in [-0.4, -0.2) is 41.1 Å². The lowest BCUT2D eigenvalue weighted by Crippen LogP contribution is -2.27. The van der Waals surface area contributed by atoms with Crippen LogP contribution in [0.15, 0.2) is 6.07 Å². The van der Waals surface area contributed by atoms with Gasteiger partial charge in [-0.15, -0.1) is 0 Å². The van der Waals surface area contributed by atoms with E-state index in [4.69, 9.17) is 5.73 Å². The number of nitrogen functional groups attached to an aromatic ring is 1. The van der Waals surface area contributed by atoms with Crippen LogP contribution in [-0.2, 0) is 0 Å². The van der Waals surface area contributed by atoms with E-state index in [9.17, 15) is 0 Å². The Kier molecular flexibility index (Phi) is 4.30. The molecule has 0 saturated carbocycles. The third kappa shape index (κ3) is 3.39. The van der Waals surface area contributed by atoms with Crippen LogP contribution in [0.1, 0.15) is 13.3 Å². The van der Waals surface area contributed by atoms with Gasteiger partial charge >= 0.3 is 0 Å². The van der Waals surface area contributed by atoms with Crippen LogP contribution in [0, 0.1) is 0 Å². The largest absolute Gasteiger partial charge is 0.370 e. The molecular formula is C11H19N5S. The molecule has 1 aliphatic rings. The van der Waals surface area contributed by atoms with E-state index in [2.05, 4.69) is 20.2 Å². The first kappa shape index (κ1) is 12.3. The summed E-state index contributed by atoms with van der Waals surface area (Å²) in [5.74, 6) is 4.48. The summed E-state index contributed by atoms with van der Waals surface area (Å²) in [4.78, 5) is 10.8. The highest BCUT2D eigenvalue weighted by Gasteiger charge is 2.13. The standard InChI is InChI=1S/C11H19N5S/c1-2-13-9-8-10(15-11(12)14-9)16-4-3-6-17-7-5-16/h8H,2-7H2,1H3,(H3,12,13,14,15). The van der Waals surface area contributed by atoms with Crippen molar-refractivity contribution in [1.82, 2.24) is 9.97 Å². The van der Waals surface area contributed by atoms with Crippen LogP contribution in [0.3, 0.4) is 0 Å². The second-order valence-electron chi connectivity index (χ2n) is 3.95. The van der Waals surface area contributed by atoms with Gasteiger partial charge in [0.1, 0.15) is 11.6 Å². The molecule has 1 aromatic heterocycles. The molecule has 0 unspecified atom stereocenters. The third-order valence-corrected chi connectivity index (χ3v) is 3.68. The van der Waals surface area contributed by atoms with Crippen molar-refractivity contribution in [1.29, 1.82) is 0 Å². The number of thioether (sulfide) groups is 1. The Bertz CT molecular complexity index is 363. The molecule has 2 heterocycles. The Labute approximate surface area is 106 Å². The van der Waals surface area contributed by atoms with Gasteiger partial charge in [0.05, 0.1) is 0 Å². The highest BCUT2D eigenvalue weighted by Crippen LogP contribution is 2.20. The molecule has 0 spiro atoms. The number of rotatable bonds is 3. The zero-order chi connectivity index (χ0) is 12.1. The van der Waals surface area contributed by atoms with Gasteiger partial charge in [-0.2, -0.15) is 21.7 Å². The molecule has 3 N–H and O–H groups in total. The Morgan fingerprint density at radius 1 is 1.41 bits per heavy atom. The molecule has 0 amide bonds. The maximum absolute atomic E-state index is 5.74. The molecule has 1 aromatic rings. The van der Waals surface area contributed by atoms with E-state index < -0.39 is 0 Å². The first-order valence-electron chi connectivity index (χ1n) is 6.00. The van der Waals surface area contributed by atoms with E-state index in [1.807, 2.05) is 24.8 Å². The smallest absolute Gasteiger partial charge is 0.223 e. The molecule has 5 nitrogen and oxygen atoms in total. The van der Waals surface area contributed by atoms with Crippen LogP contribution in [0.4, 0.5) is 17.6 Å². The van der Waals surface area contributed by atoms with Crippen LogP contribution in [0.2, 0.25) is 0 Å². The molecule has 0 atom stereocenters. The van der Waals surface area contributed by atoms with E-state index in [0.717, 1.165) is 37.0 Å². The molecule has 2 rings (SSSR count). The van der Waals surface area contributed by atoms with Crippen molar-refractivity contribution in [2.24, 2.45) is 0 Å². The van der Waals surface area contributed by atoms with Gasteiger partial charge in [0.25, 0.3) is 0 Å². The molecule has 94 valence electrons. The van der Waals surface area contributed by atoms with Crippen LogP contribution < -0.4 is 16.0 Å². The second kappa shape index (κ2) is 5.95. The van der Waals surface area contributed by atoms with Crippen LogP contribution in [0.5, 0.6) is 0 Å². The quantitative estimate of drug-likeness (QED) is 0.849. The van der Waals surface area contributed by atoms with Gasteiger partial charge in [0.2, 0.25) is 5.95 Å². The van der Waals surface area contributed by atoms with E-state index in [1.165, 1.54) is 12.2 Å². The summed E-state index contributed by atoms with van der Waals surface area (Å²) in [7, 11) is 0. The molecule has 0 aliphatic carbocycles. The van der Waals surface area contributed by atoms with Gasteiger partial charge in [-0.05, 0) is 19.1 Å². The maximum Gasteiger partial charge on any atom is 0.223 e. The predicted molar refractivity (Wildman–Crippen MR) is 74.8 cm³/mol. The summed E-state index contributed by atoms with van der Waals surface area (Å²) in [5, 5.41) is 3.18. The van der Waals surface area contributed by atoms with Gasteiger partial charge in [0.15, 0.2) is 0 Å². The Hall–Kier alpha value is -1.17. The van der Waals surface area contributed by atoms with Crippen LogP contribution >= 0.6 is 11.8 Å². The minimum atomic E-state index is 0.343. The number of anilines is 3. The van der Waals surface area contributed by atoms with Gasteiger partial charge in [-0.1, -0.05) is 0 Å². The fraction of sp³-hybridized carbons (Fsp3) is 0.636. The van der Waals surface area contributed by atoms with Crippen molar-refractivity contribution in [3.05, 3.63) is 6.07 Å². The fourth-order valence-electron chi connectivity index (χ4n) is 1.86. The van der Waals surface area contributed by atoms with E-state index in [0.29, 0.717) is 5.95 Å². The Balaban J connectivity index is 2.17. The lowest BCUT2D eigenvalue weighted by atomic mass is 10.4. The minimum Gasteiger partial charge on any atom is -0.370 e. The third-order valence-electron chi connectivity index (χ3n) is 2.63. The lowest BCUT2D eigenvalue weighted by molar-refractivity contribution is 0.800. The molecule has 0 bridgehead atoms. The highest BCUT2D eigenvalue weighted by atomic mass is 32.2. The normalized spacial score (nSPS) is 16.6. The molecule has 1 aliphatic heterocycles. The summed E-state index contributed by atoms with van der Waals surface area (Å²) >= 11 is 2.00. The molecule has 1 fully saturated rings. The minimum absolute atomic E-state index is 0.343. The first-order valence-corrected chi connectivity index (χ1v) is 7.16. The summed E-state index contributed by atoms with van der Waals surface area (Å²) in [6, 6.07) is 1.98. The second-order valence-corrected chi connectivity index (χ2v) is 5.18. The lowest BCUT2D eigenvalue weighted by Gasteiger charge is -2.21. The summed E-state index contributed by atoms with van der Waals surface area (Å²) in [6.45, 7) is 4.97. The van der Waals surface area contributed by atoms with Crippen molar-refractivity contribution in [3.8, 4) is 0 Å². The fourth-order valence-corrected chi connectivity index (χ4v) is 2.75. The van der Waals surface area contributed by atoms with Crippen molar-refractivity contribution >= 4 is 29.3 Å². The molecular weight excluding hydrogens is 234 g/mol. The summed E-state index contributed by atoms with van der Waals surface area (Å²) < 4.78 is 0. The van der Waals surface area contributed by atoms with E-state index in [1.54, 1.807) is 0 Å². The van der Waals surface area contributed by atoms with Gasteiger partial charge in [0, 0.05) is 31.5 Å². The van der Waals surface area contributed by atoms with Crippen molar-refractivity contribution < 1.29 is 0 Å². The Morgan fingerprint density at radius 3 is 3.12 bits per heavy atom. The van der Waals surface area contributed by atoms with Gasteiger partial charge in [-0.3, -0.25) is 0 Å². The van der Waals surface area contributed by atoms with Crippen molar-refractivity contribution in [2.45, 2.75) is 13.3 Å². The summed E-state index contributed by atoms with van der Waals surface area (Å²) in [6.07, 6.45) is 1.20. The summed E-state index contributed by atoms with van der Waals surface area (Å²) in [5.41, 5.74) is 5.74. The molecule has 0 radical (unpaired) electrons. The average Bonchev–Trinajstić information content (AvgIpc) is 2.57. The number of nitrogens with zero attached hydrogens (tertiary/aromatic N) is 3. The molecule has 1 saturated heterocycles. The van der Waals surface area contributed by atoms with Gasteiger partial charge in [-0.25, -0.2) is 0 Å². The number of hydrogen-bond donors (Lipinski definition) is 2. The van der Waals surface area contributed by atoms with Gasteiger partial charge < -0.3 is 16.0 Å². The molecule has 6 heteroatoms. The van der Waals surface area contributed by atoms with E-state index in [-0.39, 0.29) is 0 Å². The van der Waals surface area contributed by atoms with Crippen molar-refractivity contribution in [3.63, 3.8) is 0 Å². The topological polar surface area (TPSA) is 67.1 Å². The first-order chi connectivity index (χ1) is 8.29. The average molecular weight is 253 g/mol. The molecule has 17 heavy (non-hydrogen) atoms. The number of nitrogens with one attached hydrogen (secondary N) is 1. The monoisotopic (exact) mass is 253 g/mol. The number of hydrogen-bond acceptors (Lipinski definition) is 6. The molecule has 0 aromatic carbocycles. The number of aromatic nitrogens is 2. The highest BCUT2D eigenvalue weighted by molar-refractivity contribution is 7.99. The van der Waals surface area contributed by atoms with E-state index >= 15 is 0 Å². The van der Waals surface area contributed by atoms with Crippen LogP contribution in [0.25, 0.3) is 0 Å². The zero-order valence-electron chi connectivity index (χ0n) is 10.1. The zero-order valence-corrected chi connectivity index (χ0v) is 11.0. The number of nitrogens with two attached hydrogens (primary N) is 1. The SMILES string of the molecule is CCNc1cc(N2CCCSCC2)nc(N)n1. The Morgan fingerprint density at radius 2 is 2.29 bits per heavy atom. The predicted octanol–water partition coefficient (Wildman–Crippen LogP) is 1.43.